The molecule has 1 fully saturated rings. The average Bonchev–Trinajstić information content (AvgIpc) is 3.18. The fourth-order valence-electron chi connectivity index (χ4n) is 4.40. The lowest BCUT2D eigenvalue weighted by atomic mass is 9.87. The number of pyridine rings is 1. The molecule has 2 aromatic heterocycles. The molecule has 1 amide bonds. The fourth-order valence-corrected chi connectivity index (χ4v) is 4.40. The largest absolute Gasteiger partial charge is 0.454 e. The van der Waals surface area contributed by atoms with E-state index in [9.17, 15) is 4.79 Å². The van der Waals surface area contributed by atoms with Crippen LogP contribution in [0, 0.1) is 5.92 Å². The van der Waals surface area contributed by atoms with Gasteiger partial charge in [0, 0.05) is 29.8 Å². The molecule has 0 atom stereocenters. The first-order valence-electron chi connectivity index (χ1n) is 10.9. The minimum absolute atomic E-state index is 0.0813. The van der Waals surface area contributed by atoms with Gasteiger partial charge in [0.15, 0.2) is 5.58 Å². The Bertz CT molecular complexity index is 966. The summed E-state index contributed by atoms with van der Waals surface area (Å²) in [6, 6.07) is 12.2. The maximum atomic E-state index is 13.6. The van der Waals surface area contributed by atoms with Crippen LogP contribution >= 0.6 is 0 Å². The number of anilines is 1. The number of aryl methyl sites for hydroxylation is 1. The summed E-state index contributed by atoms with van der Waals surface area (Å²) in [7, 11) is 0. The second kappa shape index (κ2) is 8.40. The molecule has 1 aliphatic carbocycles. The van der Waals surface area contributed by atoms with Gasteiger partial charge in [-0.1, -0.05) is 32.3 Å². The van der Waals surface area contributed by atoms with Gasteiger partial charge in [0.1, 0.15) is 11.3 Å². The Morgan fingerprint density at radius 3 is 2.66 bits per heavy atom. The van der Waals surface area contributed by atoms with Crippen LogP contribution in [0.25, 0.3) is 22.4 Å². The molecule has 4 heteroatoms. The number of hydrogen-bond donors (Lipinski definition) is 0. The molecule has 0 aliphatic heterocycles. The van der Waals surface area contributed by atoms with Crippen LogP contribution in [0.1, 0.15) is 58.4 Å². The summed E-state index contributed by atoms with van der Waals surface area (Å²) in [5.41, 5.74) is 4.73. The number of amides is 1. The molecule has 1 saturated carbocycles. The van der Waals surface area contributed by atoms with Crippen molar-refractivity contribution in [3.05, 3.63) is 48.2 Å². The summed E-state index contributed by atoms with van der Waals surface area (Å²) in [6.07, 6.45) is 8.25. The molecular formula is C25H30N2O2. The van der Waals surface area contributed by atoms with Gasteiger partial charge >= 0.3 is 0 Å². The van der Waals surface area contributed by atoms with Crippen molar-refractivity contribution in [2.45, 2.75) is 65.3 Å². The van der Waals surface area contributed by atoms with Crippen LogP contribution in [0.2, 0.25) is 0 Å². The first-order chi connectivity index (χ1) is 14.1. The lowest BCUT2D eigenvalue weighted by molar-refractivity contribution is -0.123. The first-order valence-corrected chi connectivity index (χ1v) is 10.9. The van der Waals surface area contributed by atoms with Gasteiger partial charge in [-0.15, -0.1) is 0 Å². The topological polar surface area (TPSA) is 46.3 Å². The number of rotatable bonds is 5. The number of nitrogens with zero attached hydrogens (tertiary/aromatic N) is 2. The normalized spacial score (nSPS) is 15.2. The van der Waals surface area contributed by atoms with E-state index in [2.05, 4.69) is 44.0 Å². The van der Waals surface area contributed by atoms with E-state index in [1.807, 2.05) is 23.1 Å². The van der Waals surface area contributed by atoms with Crippen LogP contribution in [0.4, 0.5) is 5.69 Å². The number of carbonyl (C=O) groups is 1. The Labute approximate surface area is 172 Å². The van der Waals surface area contributed by atoms with Gasteiger partial charge in [-0.05, 0) is 62.9 Å². The molecule has 0 saturated heterocycles. The number of fused-ring (bicyclic) bond motifs is 1. The van der Waals surface area contributed by atoms with Crippen LogP contribution in [0.5, 0.6) is 0 Å². The van der Waals surface area contributed by atoms with Gasteiger partial charge in [-0.25, -0.2) is 0 Å². The molecule has 3 aromatic rings. The Balaban J connectivity index is 1.81. The van der Waals surface area contributed by atoms with Crippen molar-refractivity contribution in [1.29, 1.82) is 0 Å². The van der Waals surface area contributed by atoms with Crippen molar-refractivity contribution in [2.24, 2.45) is 5.92 Å². The van der Waals surface area contributed by atoms with Gasteiger partial charge < -0.3 is 9.32 Å². The molecular weight excluding hydrogens is 360 g/mol. The second-order valence-electron chi connectivity index (χ2n) is 8.34. The van der Waals surface area contributed by atoms with Crippen LogP contribution in [0.3, 0.4) is 0 Å². The first kappa shape index (κ1) is 19.7. The molecule has 1 aliphatic rings. The molecule has 0 bridgehead atoms. The Morgan fingerprint density at radius 1 is 1.17 bits per heavy atom. The van der Waals surface area contributed by atoms with Crippen molar-refractivity contribution >= 4 is 22.7 Å². The van der Waals surface area contributed by atoms with E-state index in [4.69, 9.17) is 4.42 Å². The van der Waals surface area contributed by atoms with Crippen molar-refractivity contribution in [1.82, 2.24) is 4.98 Å². The predicted molar refractivity (Wildman–Crippen MR) is 118 cm³/mol. The zero-order valence-corrected chi connectivity index (χ0v) is 17.6. The molecule has 2 heterocycles. The molecule has 29 heavy (non-hydrogen) atoms. The van der Waals surface area contributed by atoms with Crippen molar-refractivity contribution in [3.63, 3.8) is 0 Å². The highest BCUT2D eigenvalue weighted by molar-refractivity contribution is 5.99. The summed E-state index contributed by atoms with van der Waals surface area (Å²) in [4.78, 5) is 20.0. The number of aromatic nitrogens is 1. The third-order valence-electron chi connectivity index (χ3n) is 5.99. The van der Waals surface area contributed by atoms with Gasteiger partial charge in [0.25, 0.3) is 0 Å². The van der Waals surface area contributed by atoms with Crippen LogP contribution < -0.4 is 4.90 Å². The van der Waals surface area contributed by atoms with Crippen molar-refractivity contribution < 1.29 is 9.21 Å². The number of hydrogen-bond acceptors (Lipinski definition) is 3. The summed E-state index contributed by atoms with van der Waals surface area (Å²) in [5, 5.41) is 0. The average molecular weight is 391 g/mol. The minimum atomic E-state index is 0.0813. The Kier molecular flexibility index (Phi) is 5.70. The molecule has 4 nitrogen and oxygen atoms in total. The standard InChI is InChI=1S/C25H30N2O2/c1-4-18-12-13-20(24-16-21-23(29-24)11-8-14-26-21)22(15-18)27(17(2)3)25(28)19-9-6-5-7-10-19/h8,11-17,19H,4-7,9-10H2,1-3H3. The number of furan rings is 1. The minimum Gasteiger partial charge on any atom is -0.454 e. The monoisotopic (exact) mass is 390 g/mol. The van der Waals surface area contributed by atoms with E-state index in [0.717, 1.165) is 60.2 Å². The van der Waals surface area contributed by atoms with Crippen molar-refractivity contribution in [2.75, 3.05) is 4.90 Å². The maximum absolute atomic E-state index is 13.6. The summed E-state index contributed by atoms with van der Waals surface area (Å²) >= 11 is 0. The number of carbonyl (C=O) groups excluding carboxylic acids is 1. The summed E-state index contributed by atoms with van der Waals surface area (Å²) in [5.74, 6) is 1.14. The van der Waals surface area contributed by atoms with Gasteiger partial charge in [-0.3, -0.25) is 9.78 Å². The van der Waals surface area contributed by atoms with E-state index in [0.29, 0.717) is 0 Å². The highest BCUT2D eigenvalue weighted by Crippen LogP contribution is 2.38. The smallest absolute Gasteiger partial charge is 0.230 e. The molecule has 1 aromatic carbocycles. The lowest BCUT2D eigenvalue weighted by Gasteiger charge is -2.33. The Morgan fingerprint density at radius 2 is 1.97 bits per heavy atom. The molecule has 0 spiro atoms. The van der Waals surface area contributed by atoms with Crippen LogP contribution in [-0.2, 0) is 11.2 Å². The third kappa shape index (κ3) is 3.93. The zero-order valence-electron chi connectivity index (χ0n) is 17.6. The van der Waals surface area contributed by atoms with E-state index in [1.165, 1.54) is 12.0 Å². The molecule has 152 valence electrons. The van der Waals surface area contributed by atoms with Crippen molar-refractivity contribution in [3.8, 4) is 11.3 Å². The fraction of sp³-hybridized carbons (Fsp3) is 0.440. The van der Waals surface area contributed by atoms with E-state index in [1.54, 1.807) is 6.20 Å². The number of benzene rings is 1. The second-order valence-corrected chi connectivity index (χ2v) is 8.34. The van der Waals surface area contributed by atoms with Crippen LogP contribution in [0.15, 0.2) is 47.0 Å². The molecule has 0 N–H and O–H groups in total. The predicted octanol–water partition coefficient (Wildman–Crippen LogP) is 6.38. The maximum Gasteiger partial charge on any atom is 0.230 e. The van der Waals surface area contributed by atoms with E-state index in [-0.39, 0.29) is 17.9 Å². The third-order valence-corrected chi connectivity index (χ3v) is 5.99. The van der Waals surface area contributed by atoms with E-state index < -0.39 is 0 Å². The molecule has 0 unspecified atom stereocenters. The molecule has 4 rings (SSSR count). The molecule has 0 radical (unpaired) electrons. The highest BCUT2D eigenvalue weighted by atomic mass is 16.3. The van der Waals surface area contributed by atoms with E-state index >= 15 is 0 Å². The highest BCUT2D eigenvalue weighted by Gasteiger charge is 2.30. The van der Waals surface area contributed by atoms with Gasteiger partial charge in [-0.2, -0.15) is 0 Å². The van der Waals surface area contributed by atoms with Gasteiger partial charge in [0.05, 0.1) is 5.69 Å². The SMILES string of the molecule is CCc1ccc(-c2cc3ncccc3o2)c(N(C(=O)C2CCCCC2)C(C)C)c1. The summed E-state index contributed by atoms with van der Waals surface area (Å²) < 4.78 is 6.12. The quantitative estimate of drug-likeness (QED) is 0.508. The Hall–Kier alpha value is -2.62. The zero-order chi connectivity index (χ0) is 20.4. The van der Waals surface area contributed by atoms with Gasteiger partial charge in [0.2, 0.25) is 5.91 Å². The summed E-state index contributed by atoms with van der Waals surface area (Å²) in [6.45, 7) is 6.35. The lowest BCUT2D eigenvalue weighted by Crippen LogP contribution is -2.42. The van der Waals surface area contributed by atoms with Crippen LogP contribution in [-0.4, -0.2) is 16.9 Å².